The first-order chi connectivity index (χ1) is 13.3. The first-order valence-corrected chi connectivity index (χ1v) is 10.3. The Balaban J connectivity index is 1.82. The van der Waals surface area contributed by atoms with Crippen LogP contribution in [-0.4, -0.2) is 61.8 Å². The van der Waals surface area contributed by atoms with Gasteiger partial charge in [-0.3, -0.25) is 9.48 Å². The maximum Gasteiger partial charge on any atom is 0.246 e. The molecule has 0 spiro atoms. The summed E-state index contributed by atoms with van der Waals surface area (Å²) < 4.78 is 39.4. The van der Waals surface area contributed by atoms with E-state index in [1.807, 2.05) is 19.9 Å². The summed E-state index contributed by atoms with van der Waals surface area (Å²) in [6.45, 7) is 5.01. The van der Waals surface area contributed by atoms with Crippen molar-refractivity contribution in [1.29, 1.82) is 0 Å². The minimum atomic E-state index is -3.77. The number of nitrogens with zero attached hydrogens (tertiary/aromatic N) is 3. The second-order valence-electron chi connectivity index (χ2n) is 6.52. The Morgan fingerprint density at radius 2 is 1.96 bits per heavy atom. The fraction of sp³-hybridized carbons (Fsp3) is 0.444. The number of carbonyl (C=O) groups excluding carboxylic acids is 1. The predicted molar refractivity (Wildman–Crippen MR) is 103 cm³/mol. The van der Waals surface area contributed by atoms with E-state index in [1.165, 1.54) is 23.5 Å². The van der Waals surface area contributed by atoms with Crippen molar-refractivity contribution in [3.8, 4) is 5.75 Å². The number of sulfonamides is 1. The fourth-order valence-corrected chi connectivity index (χ4v) is 4.64. The Morgan fingerprint density at radius 1 is 1.25 bits per heavy atom. The highest BCUT2D eigenvalue weighted by molar-refractivity contribution is 7.89. The van der Waals surface area contributed by atoms with E-state index in [-0.39, 0.29) is 36.2 Å². The minimum Gasteiger partial charge on any atom is -0.495 e. The van der Waals surface area contributed by atoms with Gasteiger partial charge in [-0.2, -0.15) is 9.40 Å². The monoisotopic (exact) mass is 408 g/mol. The molecule has 10 heteroatoms. The third-order valence-corrected chi connectivity index (χ3v) is 6.35. The molecule has 1 aliphatic rings. The highest BCUT2D eigenvalue weighted by atomic mass is 32.2. The number of amides is 1. The molecule has 1 fully saturated rings. The molecule has 1 aromatic heterocycles. The maximum absolute atomic E-state index is 13.0. The molecule has 1 amide bonds. The van der Waals surface area contributed by atoms with Crippen molar-refractivity contribution in [3.05, 3.63) is 35.7 Å². The summed E-state index contributed by atoms with van der Waals surface area (Å²) in [5.74, 6) is -0.0749. The molecule has 2 aromatic rings. The van der Waals surface area contributed by atoms with Gasteiger partial charge in [-0.15, -0.1) is 0 Å². The fourth-order valence-electron chi connectivity index (χ4n) is 3.05. The van der Waals surface area contributed by atoms with Crippen molar-refractivity contribution in [3.63, 3.8) is 0 Å². The van der Waals surface area contributed by atoms with E-state index in [0.717, 1.165) is 11.4 Å². The third kappa shape index (κ3) is 4.34. The summed E-state index contributed by atoms with van der Waals surface area (Å²) in [6, 6.07) is 6.44. The highest BCUT2D eigenvalue weighted by Crippen LogP contribution is 2.30. The third-order valence-electron chi connectivity index (χ3n) is 4.43. The number of anilines is 1. The summed E-state index contributed by atoms with van der Waals surface area (Å²) in [5, 5.41) is 6.99. The molecule has 0 saturated carbocycles. The molecular formula is C18H24N4O5S. The highest BCUT2D eigenvalue weighted by Gasteiger charge is 2.29. The first kappa shape index (κ1) is 20.3. The number of rotatable bonds is 6. The summed E-state index contributed by atoms with van der Waals surface area (Å²) >= 11 is 0. The number of aryl methyl sites for hydroxylation is 2. The Bertz CT molecular complexity index is 964. The van der Waals surface area contributed by atoms with Crippen LogP contribution in [0.15, 0.2) is 29.2 Å². The zero-order valence-electron chi connectivity index (χ0n) is 16.1. The normalized spacial score (nSPS) is 15.4. The first-order valence-electron chi connectivity index (χ1n) is 8.88. The van der Waals surface area contributed by atoms with E-state index < -0.39 is 10.0 Å². The lowest BCUT2D eigenvalue weighted by atomic mass is 10.3. The number of carbonyl (C=O) groups is 1. The van der Waals surface area contributed by atoms with Crippen LogP contribution in [0.2, 0.25) is 0 Å². The van der Waals surface area contributed by atoms with E-state index in [4.69, 9.17) is 9.47 Å². The molecule has 1 N–H and O–H groups in total. The number of ether oxygens (including phenoxy) is 2. The molecule has 3 rings (SSSR count). The van der Waals surface area contributed by atoms with Gasteiger partial charge in [0, 0.05) is 24.5 Å². The van der Waals surface area contributed by atoms with Crippen LogP contribution in [0.4, 0.5) is 5.69 Å². The van der Waals surface area contributed by atoms with Gasteiger partial charge in [0.1, 0.15) is 17.2 Å². The average Bonchev–Trinajstić information content (AvgIpc) is 2.99. The predicted octanol–water partition coefficient (Wildman–Crippen LogP) is 1.17. The van der Waals surface area contributed by atoms with Crippen LogP contribution in [0.1, 0.15) is 11.4 Å². The Morgan fingerprint density at radius 3 is 2.57 bits per heavy atom. The maximum atomic E-state index is 13.0. The summed E-state index contributed by atoms with van der Waals surface area (Å²) in [4.78, 5) is 12.4. The lowest BCUT2D eigenvalue weighted by Crippen LogP contribution is -2.40. The van der Waals surface area contributed by atoms with Gasteiger partial charge in [-0.1, -0.05) is 0 Å². The van der Waals surface area contributed by atoms with E-state index in [1.54, 1.807) is 10.7 Å². The molecule has 0 bridgehead atoms. The number of nitrogens with one attached hydrogen (secondary N) is 1. The molecule has 9 nitrogen and oxygen atoms in total. The molecule has 1 aliphatic heterocycles. The molecule has 2 heterocycles. The van der Waals surface area contributed by atoms with Crippen molar-refractivity contribution in [2.45, 2.75) is 25.3 Å². The molecule has 0 unspecified atom stereocenters. The number of morpholine rings is 1. The van der Waals surface area contributed by atoms with Gasteiger partial charge in [-0.05, 0) is 38.1 Å². The van der Waals surface area contributed by atoms with E-state index in [0.29, 0.717) is 18.9 Å². The van der Waals surface area contributed by atoms with Gasteiger partial charge >= 0.3 is 0 Å². The second-order valence-corrected chi connectivity index (χ2v) is 8.42. The SMILES string of the molecule is COc1ccc(NC(=O)Cn2nc(C)cc2C)cc1S(=O)(=O)N1CCOCC1. The van der Waals surface area contributed by atoms with Crippen molar-refractivity contribution in [2.24, 2.45) is 0 Å². The molecule has 1 saturated heterocycles. The van der Waals surface area contributed by atoms with Crippen LogP contribution < -0.4 is 10.1 Å². The zero-order chi connectivity index (χ0) is 20.3. The Kier molecular flexibility index (Phi) is 6.01. The quantitative estimate of drug-likeness (QED) is 0.770. The van der Waals surface area contributed by atoms with Crippen molar-refractivity contribution in [2.75, 3.05) is 38.7 Å². The van der Waals surface area contributed by atoms with Gasteiger partial charge < -0.3 is 14.8 Å². The molecule has 0 atom stereocenters. The zero-order valence-corrected chi connectivity index (χ0v) is 17.0. The number of aromatic nitrogens is 2. The number of methoxy groups -OCH3 is 1. The molecule has 152 valence electrons. The average molecular weight is 408 g/mol. The number of benzene rings is 1. The molecule has 0 aliphatic carbocycles. The van der Waals surface area contributed by atoms with Crippen molar-refractivity contribution >= 4 is 21.6 Å². The van der Waals surface area contributed by atoms with Gasteiger partial charge in [-0.25, -0.2) is 8.42 Å². The van der Waals surface area contributed by atoms with Crippen LogP contribution in [0.3, 0.4) is 0 Å². The number of hydrogen-bond donors (Lipinski definition) is 1. The largest absolute Gasteiger partial charge is 0.495 e. The van der Waals surface area contributed by atoms with Crippen molar-refractivity contribution in [1.82, 2.24) is 14.1 Å². The Hall–Kier alpha value is -2.43. The summed E-state index contributed by atoms with van der Waals surface area (Å²) in [5.41, 5.74) is 2.07. The summed E-state index contributed by atoms with van der Waals surface area (Å²) in [6.07, 6.45) is 0. The van der Waals surface area contributed by atoms with Gasteiger partial charge in [0.25, 0.3) is 0 Å². The van der Waals surface area contributed by atoms with Crippen molar-refractivity contribution < 1.29 is 22.7 Å². The van der Waals surface area contributed by atoms with Gasteiger partial charge in [0.15, 0.2) is 0 Å². The molecule has 28 heavy (non-hydrogen) atoms. The Labute approximate surface area is 164 Å². The van der Waals surface area contributed by atoms with Crippen LogP contribution >= 0.6 is 0 Å². The molecule has 0 radical (unpaired) electrons. The van der Waals surface area contributed by atoms with Gasteiger partial charge in [0.2, 0.25) is 15.9 Å². The smallest absolute Gasteiger partial charge is 0.246 e. The lowest BCUT2D eigenvalue weighted by Gasteiger charge is -2.26. The van der Waals surface area contributed by atoms with Crippen LogP contribution in [0.5, 0.6) is 5.75 Å². The number of hydrogen-bond acceptors (Lipinski definition) is 6. The standard InChI is InChI=1S/C18H24N4O5S/c1-13-10-14(2)22(20-13)12-18(23)19-15-4-5-16(26-3)17(11-15)28(24,25)21-6-8-27-9-7-21/h4-5,10-11H,6-9,12H2,1-3H3,(H,19,23). The molecule has 1 aromatic carbocycles. The summed E-state index contributed by atoms with van der Waals surface area (Å²) in [7, 11) is -2.35. The molecular weight excluding hydrogens is 384 g/mol. The van der Waals surface area contributed by atoms with Crippen LogP contribution in [-0.2, 0) is 26.1 Å². The lowest BCUT2D eigenvalue weighted by molar-refractivity contribution is -0.116. The van der Waals surface area contributed by atoms with E-state index in [2.05, 4.69) is 10.4 Å². The van der Waals surface area contributed by atoms with E-state index >= 15 is 0 Å². The van der Waals surface area contributed by atoms with E-state index in [9.17, 15) is 13.2 Å². The van der Waals surface area contributed by atoms with Crippen LogP contribution in [0.25, 0.3) is 0 Å². The topological polar surface area (TPSA) is 103 Å². The minimum absolute atomic E-state index is 0.0146. The second kappa shape index (κ2) is 8.29. The van der Waals surface area contributed by atoms with Gasteiger partial charge in [0.05, 0.1) is 26.0 Å². The van der Waals surface area contributed by atoms with Crippen LogP contribution in [0, 0.1) is 13.8 Å².